The number of carbonyl (C=O) groups is 2. The third-order valence-corrected chi connectivity index (χ3v) is 7.05. The van der Waals surface area contributed by atoms with Gasteiger partial charge in [0.05, 0.1) is 18.1 Å². The molecule has 3 aliphatic rings. The number of amides is 2. The van der Waals surface area contributed by atoms with Gasteiger partial charge in [-0.2, -0.15) is 0 Å². The Kier molecular flexibility index (Phi) is 5.53. The zero-order valence-electron chi connectivity index (χ0n) is 15.9. The predicted octanol–water partition coefficient (Wildman–Crippen LogP) is 2.74. The molecule has 1 unspecified atom stereocenters. The molecular weight excluding hydrogens is 364 g/mol. The number of hydrogen-bond donors (Lipinski definition) is 0. The van der Waals surface area contributed by atoms with Gasteiger partial charge < -0.3 is 19.3 Å². The zero-order valence-corrected chi connectivity index (χ0v) is 16.7. The maximum Gasteiger partial charge on any atom is 0.264 e. The van der Waals surface area contributed by atoms with Crippen LogP contribution in [0, 0.1) is 5.92 Å². The first-order valence-corrected chi connectivity index (χ1v) is 10.9. The third-order valence-electron chi connectivity index (χ3n) is 6.19. The van der Waals surface area contributed by atoms with Crippen LogP contribution >= 0.6 is 11.3 Å². The van der Waals surface area contributed by atoms with Gasteiger partial charge in [0.25, 0.3) is 5.91 Å². The molecule has 0 N–H and O–H groups in total. The van der Waals surface area contributed by atoms with Crippen LogP contribution in [-0.2, 0) is 14.3 Å². The third kappa shape index (κ3) is 3.77. The average molecular weight is 393 g/mol. The molecule has 2 amide bonds. The fourth-order valence-electron chi connectivity index (χ4n) is 4.57. The highest BCUT2D eigenvalue weighted by Crippen LogP contribution is 2.35. The van der Waals surface area contributed by atoms with Crippen molar-refractivity contribution in [1.82, 2.24) is 9.80 Å². The molecule has 3 aliphatic heterocycles. The van der Waals surface area contributed by atoms with Crippen LogP contribution in [-0.4, -0.2) is 66.3 Å². The first-order valence-electron chi connectivity index (χ1n) is 10.00. The molecule has 3 saturated heterocycles. The SMILES string of the molecule is CC1(C2CCN(C(=O)C3CCCCN3C(=O)c3cccs3)CC2)OCCO1. The van der Waals surface area contributed by atoms with Crippen LogP contribution < -0.4 is 0 Å². The van der Waals surface area contributed by atoms with E-state index in [1.165, 1.54) is 11.3 Å². The van der Waals surface area contributed by atoms with Crippen molar-refractivity contribution in [2.75, 3.05) is 32.8 Å². The van der Waals surface area contributed by atoms with E-state index in [9.17, 15) is 9.59 Å². The van der Waals surface area contributed by atoms with E-state index < -0.39 is 5.79 Å². The van der Waals surface area contributed by atoms with Crippen molar-refractivity contribution in [3.63, 3.8) is 0 Å². The number of ether oxygens (including phenoxy) is 2. The first kappa shape index (κ1) is 18.9. The van der Waals surface area contributed by atoms with E-state index in [-0.39, 0.29) is 17.9 Å². The number of hydrogen-bond acceptors (Lipinski definition) is 5. The second-order valence-corrected chi connectivity index (χ2v) is 8.75. The van der Waals surface area contributed by atoms with E-state index in [0.29, 0.717) is 38.8 Å². The Morgan fingerprint density at radius 3 is 2.52 bits per heavy atom. The normalized spacial score (nSPS) is 26.3. The number of carbonyl (C=O) groups excluding carboxylic acids is 2. The fraction of sp³-hybridized carbons (Fsp3) is 0.700. The molecule has 4 heterocycles. The van der Waals surface area contributed by atoms with E-state index in [0.717, 1.165) is 37.0 Å². The van der Waals surface area contributed by atoms with Gasteiger partial charge in [-0.05, 0) is 50.5 Å². The molecule has 1 aromatic rings. The van der Waals surface area contributed by atoms with Crippen molar-refractivity contribution >= 4 is 23.2 Å². The lowest BCUT2D eigenvalue weighted by atomic mass is 9.88. The Bertz CT molecular complexity index is 664. The lowest BCUT2D eigenvalue weighted by Gasteiger charge is -2.42. The van der Waals surface area contributed by atoms with Crippen molar-refractivity contribution in [3.05, 3.63) is 22.4 Å². The molecule has 0 aromatic carbocycles. The second-order valence-electron chi connectivity index (χ2n) is 7.80. The van der Waals surface area contributed by atoms with Crippen molar-refractivity contribution in [3.8, 4) is 0 Å². The largest absolute Gasteiger partial charge is 0.348 e. The lowest BCUT2D eigenvalue weighted by Crippen LogP contribution is -2.55. The zero-order chi connectivity index (χ0) is 18.9. The monoisotopic (exact) mass is 392 g/mol. The molecule has 1 aromatic heterocycles. The minimum Gasteiger partial charge on any atom is -0.348 e. The summed E-state index contributed by atoms with van der Waals surface area (Å²) in [5.41, 5.74) is 0. The topological polar surface area (TPSA) is 59.1 Å². The van der Waals surface area contributed by atoms with Gasteiger partial charge in [-0.25, -0.2) is 0 Å². The standard InChI is InChI=1S/C20H28N2O4S/c1-20(25-12-13-26-20)15-7-10-21(11-8-15)18(23)16-5-2-3-9-22(16)19(24)17-6-4-14-27-17/h4,6,14-16H,2-3,5,7-13H2,1H3. The van der Waals surface area contributed by atoms with Gasteiger partial charge in [-0.15, -0.1) is 11.3 Å². The number of nitrogens with zero attached hydrogens (tertiary/aromatic N) is 2. The Morgan fingerprint density at radius 2 is 1.85 bits per heavy atom. The highest BCUT2D eigenvalue weighted by atomic mass is 32.1. The molecule has 1 atom stereocenters. The van der Waals surface area contributed by atoms with Crippen molar-refractivity contribution in [2.45, 2.75) is 50.9 Å². The Labute approximate surface area is 164 Å². The smallest absolute Gasteiger partial charge is 0.264 e. The van der Waals surface area contributed by atoms with Crippen LogP contribution in [0.2, 0.25) is 0 Å². The van der Waals surface area contributed by atoms with Gasteiger partial charge in [-0.3, -0.25) is 9.59 Å². The Balaban J connectivity index is 1.40. The molecule has 0 saturated carbocycles. The highest BCUT2D eigenvalue weighted by Gasteiger charge is 2.43. The molecule has 0 aliphatic carbocycles. The molecule has 0 radical (unpaired) electrons. The van der Waals surface area contributed by atoms with Gasteiger partial charge in [0.1, 0.15) is 6.04 Å². The van der Waals surface area contributed by atoms with E-state index in [1.54, 1.807) is 4.90 Å². The maximum absolute atomic E-state index is 13.2. The van der Waals surface area contributed by atoms with Gasteiger partial charge in [0, 0.05) is 25.6 Å². The van der Waals surface area contributed by atoms with Gasteiger partial charge in [0.2, 0.25) is 5.91 Å². The summed E-state index contributed by atoms with van der Waals surface area (Å²) in [6.07, 6.45) is 4.50. The van der Waals surface area contributed by atoms with Crippen molar-refractivity contribution < 1.29 is 19.1 Å². The van der Waals surface area contributed by atoms with Gasteiger partial charge >= 0.3 is 0 Å². The van der Waals surface area contributed by atoms with Gasteiger partial charge in [-0.1, -0.05) is 6.07 Å². The minimum absolute atomic E-state index is 0.00166. The summed E-state index contributed by atoms with van der Waals surface area (Å²) in [4.78, 5) is 30.5. The second kappa shape index (κ2) is 7.89. The van der Waals surface area contributed by atoms with Crippen LogP contribution in [0.1, 0.15) is 48.7 Å². The number of rotatable bonds is 3. The summed E-state index contributed by atoms with van der Waals surface area (Å²) in [6, 6.07) is 3.41. The van der Waals surface area contributed by atoms with E-state index in [2.05, 4.69) is 0 Å². The molecule has 4 rings (SSSR count). The molecule has 6 nitrogen and oxygen atoms in total. The summed E-state index contributed by atoms with van der Waals surface area (Å²) in [6.45, 7) is 5.41. The van der Waals surface area contributed by atoms with E-state index >= 15 is 0 Å². The summed E-state index contributed by atoms with van der Waals surface area (Å²) in [5.74, 6) is -0.0739. The quantitative estimate of drug-likeness (QED) is 0.794. The molecule has 0 bridgehead atoms. The van der Waals surface area contributed by atoms with Crippen LogP contribution in [0.5, 0.6) is 0 Å². The molecule has 148 valence electrons. The Morgan fingerprint density at radius 1 is 1.11 bits per heavy atom. The number of likely N-dealkylation sites (tertiary alicyclic amines) is 2. The summed E-state index contributed by atoms with van der Waals surface area (Å²) in [7, 11) is 0. The number of piperidine rings is 2. The van der Waals surface area contributed by atoms with E-state index in [4.69, 9.17) is 9.47 Å². The van der Waals surface area contributed by atoms with Crippen molar-refractivity contribution in [2.24, 2.45) is 5.92 Å². The molecule has 7 heteroatoms. The molecule has 27 heavy (non-hydrogen) atoms. The van der Waals surface area contributed by atoms with Gasteiger partial charge in [0.15, 0.2) is 5.79 Å². The van der Waals surface area contributed by atoms with Crippen LogP contribution in [0.3, 0.4) is 0 Å². The first-order chi connectivity index (χ1) is 13.1. The van der Waals surface area contributed by atoms with E-state index in [1.807, 2.05) is 29.3 Å². The van der Waals surface area contributed by atoms with Crippen molar-refractivity contribution in [1.29, 1.82) is 0 Å². The lowest BCUT2D eigenvalue weighted by molar-refractivity contribution is -0.192. The summed E-state index contributed by atoms with van der Waals surface area (Å²) >= 11 is 1.44. The average Bonchev–Trinajstić information content (AvgIpc) is 3.40. The Hall–Kier alpha value is -1.44. The van der Waals surface area contributed by atoms with Crippen LogP contribution in [0.15, 0.2) is 17.5 Å². The number of thiophene rings is 1. The molecule has 0 spiro atoms. The highest BCUT2D eigenvalue weighted by molar-refractivity contribution is 7.12. The predicted molar refractivity (Wildman–Crippen MR) is 103 cm³/mol. The molecular formula is C20H28N2O4S. The minimum atomic E-state index is -0.499. The molecule has 3 fully saturated rings. The summed E-state index contributed by atoms with van der Waals surface area (Å²) < 4.78 is 11.6. The summed E-state index contributed by atoms with van der Waals surface area (Å²) in [5, 5.41) is 1.91. The van der Waals surface area contributed by atoms with Crippen LogP contribution in [0.4, 0.5) is 0 Å². The van der Waals surface area contributed by atoms with Crippen LogP contribution in [0.25, 0.3) is 0 Å². The maximum atomic E-state index is 13.2. The fourth-order valence-corrected chi connectivity index (χ4v) is 5.25.